The Morgan fingerprint density at radius 1 is 1.29 bits per heavy atom. The first-order chi connectivity index (χ1) is 10.2. The molecule has 0 fully saturated rings. The normalized spacial score (nSPS) is 10.8. The Labute approximate surface area is 126 Å². The largest absolute Gasteiger partial charge is 0.492 e. The van der Waals surface area contributed by atoms with Crippen LogP contribution in [-0.4, -0.2) is 45.5 Å². The Bertz CT molecular complexity index is 746. The van der Waals surface area contributed by atoms with Crippen LogP contribution in [0.25, 0.3) is 5.65 Å². The number of tetrazole rings is 1. The van der Waals surface area contributed by atoms with Crippen molar-refractivity contribution in [1.82, 2.24) is 25.3 Å². The zero-order valence-electron chi connectivity index (χ0n) is 11.3. The maximum atomic E-state index is 5.90. The third-order valence-corrected chi connectivity index (χ3v) is 3.17. The lowest BCUT2D eigenvalue weighted by Gasteiger charge is -2.17. The van der Waals surface area contributed by atoms with E-state index in [0.717, 1.165) is 11.6 Å². The molecule has 108 valence electrons. The fourth-order valence-electron chi connectivity index (χ4n) is 1.82. The summed E-state index contributed by atoms with van der Waals surface area (Å²) in [6.07, 6.45) is 0. The van der Waals surface area contributed by atoms with Crippen molar-refractivity contribution in [3.05, 3.63) is 41.4 Å². The number of hydrogen-bond acceptors (Lipinski definition) is 6. The fraction of sp³-hybridized carbons (Fsp3) is 0.231. The fourth-order valence-corrected chi connectivity index (χ4v) is 2.00. The van der Waals surface area contributed by atoms with Crippen LogP contribution in [0.15, 0.2) is 36.4 Å². The first kappa shape index (κ1) is 13.6. The quantitative estimate of drug-likeness (QED) is 0.714. The number of likely N-dealkylation sites (N-methyl/N-ethyl adjacent to an activating group) is 1. The predicted octanol–water partition coefficient (Wildman–Crippen LogP) is 1.69. The highest BCUT2D eigenvalue weighted by Gasteiger charge is 2.06. The van der Waals surface area contributed by atoms with Crippen molar-refractivity contribution in [1.29, 1.82) is 0 Å². The van der Waals surface area contributed by atoms with Crippen LogP contribution in [0.2, 0.25) is 5.02 Å². The molecule has 1 aromatic carbocycles. The van der Waals surface area contributed by atoms with Gasteiger partial charge in [-0.05, 0) is 40.8 Å². The molecular formula is C13H13ClN6O. The second-order valence-electron chi connectivity index (χ2n) is 4.45. The van der Waals surface area contributed by atoms with Gasteiger partial charge in [-0.3, -0.25) is 0 Å². The number of hydrogen-bond donors (Lipinski definition) is 0. The molecule has 2 aromatic heterocycles. The van der Waals surface area contributed by atoms with Gasteiger partial charge < -0.3 is 9.64 Å². The van der Waals surface area contributed by atoms with Gasteiger partial charge in [-0.2, -0.15) is 0 Å². The van der Waals surface area contributed by atoms with Gasteiger partial charge in [0.05, 0.1) is 6.54 Å². The van der Waals surface area contributed by atoms with Gasteiger partial charge >= 0.3 is 0 Å². The van der Waals surface area contributed by atoms with Gasteiger partial charge in [-0.25, -0.2) is 0 Å². The van der Waals surface area contributed by atoms with Crippen LogP contribution in [0.3, 0.4) is 0 Å². The Balaban J connectivity index is 1.59. The molecule has 0 spiro atoms. The van der Waals surface area contributed by atoms with Crippen LogP contribution < -0.4 is 9.64 Å². The highest BCUT2D eigenvalue weighted by molar-refractivity contribution is 6.30. The Morgan fingerprint density at radius 2 is 2.19 bits per heavy atom. The summed E-state index contributed by atoms with van der Waals surface area (Å²) in [5.74, 6) is 1.52. The summed E-state index contributed by atoms with van der Waals surface area (Å²) in [4.78, 5) is 1.96. The Kier molecular flexibility index (Phi) is 3.83. The van der Waals surface area contributed by atoms with E-state index in [0.29, 0.717) is 23.8 Å². The molecule has 0 saturated carbocycles. The predicted molar refractivity (Wildman–Crippen MR) is 78.8 cm³/mol. The molecule has 0 saturated heterocycles. The lowest BCUT2D eigenvalue weighted by atomic mass is 10.3. The summed E-state index contributed by atoms with van der Waals surface area (Å²) in [5.41, 5.74) is 0.613. The first-order valence-corrected chi connectivity index (χ1v) is 6.75. The molecule has 8 heteroatoms. The molecule has 0 aliphatic rings. The minimum absolute atomic E-state index is 0.520. The summed E-state index contributed by atoms with van der Waals surface area (Å²) in [7, 11) is 1.93. The molecule has 0 amide bonds. The monoisotopic (exact) mass is 304 g/mol. The van der Waals surface area contributed by atoms with E-state index < -0.39 is 0 Å². The van der Waals surface area contributed by atoms with Crippen LogP contribution in [0.5, 0.6) is 5.75 Å². The van der Waals surface area contributed by atoms with Crippen LogP contribution in [-0.2, 0) is 0 Å². The maximum absolute atomic E-state index is 5.90. The second kappa shape index (κ2) is 5.92. The number of aromatic nitrogens is 5. The smallest absolute Gasteiger partial charge is 0.200 e. The number of benzene rings is 1. The zero-order valence-corrected chi connectivity index (χ0v) is 12.1. The van der Waals surface area contributed by atoms with E-state index in [1.807, 2.05) is 42.3 Å². The van der Waals surface area contributed by atoms with E-state index in [-0.39, 0.29) is 0 Å². The van der Waals surface area contributed by atoms with E-state index in [4.69, 9.17) is 16.3 Å². The molecule has 0 N–H and O–H groups in total. The van der Waals surface area contributed by atoms with Crippen molar-refractivity contribution in [2.24, 2.45) is 0 Å². The number of anilines is 1. The Morgan fingerprint density at radius 3 is 3.05 bits per heavy atom. The van der Waals surface area contributed by atoms with E-state index in [2.05, 4.69) is 20.6 Å². The molecule has 0 atom stereocenters. The summed E-state index contributed by atoms with van der Waals surface area (Å²) in [6.45, 7) is 1.19. The second-order valence-corrected chi connectivity index (χ2v) is 4.88. The third kappa shape index (κ3) is 3.19. The summed E-state index contributed by atoms with van der Waals surface area (Å²) in [5, 5.41) is 16.1. The van der Waals surface area contributed by atoms with E-state index in [9.17, 15) is 0 Å². The molecule has 3 rings (SSSR count). The molecule has 0 radical (unpaired) electrons. The van der Waals surface area contributed by atoms with Gasteiger partial charge in [-0.15, -0.1) is 14.8 Å². The number of rotatable bonds is 5. The standard InChI is InChI=1S/C13H13ClN6O/c1-19(7-8-21-11-4-2-3-10(14)9-11)13-6-5-12-15-17-18-20(12)16-13/h2-6,9H,7-8H2,1H3. The lowest BCUT2D eigenvalue weighted by Crippen LogP contribution is -2.25. The summed E-state index contributed by atoms with van der Waals surface area (Å²) < 4.78 is 7.04. The molecular weight excluding hydrogens is 292 g/mol. The molecule has 3 aromatic rings. The zero-order chi connectivity index (χ0) is 14.7. The van der Waals surface area contributed by atoms with Gasteiger partial charge in [0, 0.05) is 12.1 Å². The van der Waals surface area contributed by atoms with Crippen molar-refractivity contribution in [2.45, 2.75) is 0 Å². The van der Waals surface area contributed by atoms with Crippen molar-refractivity contribution < 1.29 is 4.74 Å². The molecule has 0 bridgehead atoms. The first-order valence-electron chi connectivity index (χ1n) is 6.37. The number of fused-ring (bicyclic) bond motifs is 1. The van der Waals surface area contributed by atoms with E-state index in [1.54, 1.807) is 6.07 Å². The third-order valence-electron chi connectivity index (χ3n) is 2.94. The average molecular weight is 305 g/mol. The maximum Gasteiger partial charge on any atom is 0.200 e. The van der Waals surface area contributed by atoms with Crippen LogP contribution in [0, 0.1) is 0 Å². The number of halogens is 1. The van der Waals surface area contributed by atoms with E-state index >= 15 is 0 Å². The van der Waals surface area contributed by atoms with Gasteiger partial charge in [0.1, 0.15) is 12.4 Å². The summed E-state index contributed by atoms with van der Waals surface area (Å²) in [6, 6.07) is 11.0. The van der Waals surface area contributed by atoms with Crippen LogP contribution in [0.1, 0.15) is 0 Å². The van der Waals surface area contributed by atoms with Gasteiger partial charge in [-0.1, -0.05) is 17.7 Å². The Hall–Kier alpha value is -2.41. The van der Waals surface area contributed by atoms with Crippen LogP contribution >= 0.6 is 11.6 Å². The SMILES string of the molecule is CN(CCOc1cccc(Cl)c1)c1ccc2nnnn2n1. The number of nitrogens with zero attached hydrogens (tertiary/aromatic N) is 6. The van der Waals surface area contributed by atoms with Crippen molar-refractivity contribution in [2.75, 3.05) is 25.1 Å². The van der Waals surface area contributed by atoms with Crippen molar-refractivity contribution in [3.63, 3.8) is 0 Å². The minimum Gasteiger partial charge on any atom is -0.492 e. The van der Waals surface area contributed by atoms with Crippen molar-refractivity contribution >= 4 is 23.1 Å². The molecule has 0 unspecified atom stereocenters. The van der Waals surface area contributed by atoms with Crippen LogP contribution in [0.4, 0.5) is 5.82 Å². The average Bonchev–Trinajstić information content (AvgIpc) is 2.94. The molecule has 7 nitrogen and oxygen atoms in total. The molecule has 0 aliphatic carbocycles. The molecule has 2 heterocycles. The molecule has 0 aliphatic heterocycles. The highest BCUT2D eigenvalue weighted by Crippen LogP contribution is 2.17. The van der Waals surface area contributed by atoms with Crippen molar-refractivity contribution in [3.8, 4) is 5.75 Å². The highest BCUT2D eigenvalue weighted by atomic mass is 35.5. The lowest BCUT2D eigenvalue weighted by molar-refractivity contribution is 0.325. The van der Waals surface area contributed by atoms with Gasteiger partial charge in [0.15, 0.2) is 11.5 Å². The topological polar surface area (TPSA) is 68.4 Å². The minimum atomic E-state index is 0.520. The number of ether oxygens (including phenoxy) is 1. The summed E-state index contributed by atoms with van der Waals surface area (Å²) >= 11 is 5.90. The molecule has 21 heavy (non-hydrogen) atoms. The van der Waals surface area contributed by atoms with Gasteiger partial charge in [0.25, 0.3) is 0 Å². The van der Waals surface area contributed by atoms with E-state index in [1.165, 1.54) is 4.63 Å². The van der Waals surface area contributed by atoms with Gasteiger partial charge in [0.2, 0.25) is 0 Å².